The van der Waals surface area contributed by atoms with Crippen LogP contribution >= 0.6 is 11.6 Å². The van der Waals surface area contributed by atoms with E-state index in [2.05, 4.69) is 39.5 Å². The Morgan fingerprint density at radius 2 is 1.87 bits per heavy atom. The Balaban J connectivity index is 1.33. The van der Waals surface area contributed by atoms with Gasteiger partial charge in [-0.1, -0.05) is 23.6 Å². The molecule has 1 amide bonds. The van der Waals surface area contributed by atoms with E-state index in [0.717, 1.165) is 36.2 Å². The number of anilines is 1. The molecular formula is C36H48ClF3N6O6. The summed E-state index contributed by atoms with van der Waals surface area (Å²) >= 11 is 6.24. The number of nitrogens with one attached hydrogen (secondary N) is 2. The highest BCUT2D eigenvalue weighted by Crippen LogP contribution is 2.32. The third-order valence-electron chi connectivity index (χ3n) is 8.22. The molecule has 1 saturated heterocycles. The molecule has 0 saturated carbocycles. The van der Waals surface area contributed by atoms with Crippen LogP contribution in [0.3, 0.4) is 0 Å². The highest BCUT2D eigenvalue weighted by molar-refractivity contribution is 6.32. The van der Waals surface area contributed by atoms with Gasteiger partial charge in [0, 0.05) is 30.3 Å². The van der Waals surface area contributed by atoms with Crippen LogP contribution in [0.25, 0.3) is 10.9 Å². The zero-order valence-corrected chi connectivity index (χ0v) is 31.0. The van der Waals surface area contributed by atoms with Crippen LogP contribution in [0.2, 0.25) is 5.15 Å². The first-order valence-corrected chi connectivity index (χ1v) is 17.7. The minimum Gasteiger partial charge on any atom is -0.462 e. The number of carbonyl (C=O) groups excluding carboxylic acids is 2. The van der Waals surface area contributed by atoms with Gasteiger partial charge in [0.15, 0.2) is 0 Å². The molecule has 1 fully saturated rings. The molecule has 3 heterocycles. The number of benzene rings is 1. The Kier molecular flexibility index (Phi) is 14.7. The second-order valence-electron chi connectivity index (χ2n) is 13.5. The van der Waals surface area contributed by atoms with Crippen molar-refractivity contribution < 1.29 is 41.7 Å². The fourth-order valence-electron chi connectivity index (χ4n) is 5.90. The molecule has 2 atom stereocenters. The minimum absolute atomic E-state index is 0.0681. The number of hydrogen-bond acceptors (Lipinski definition) is 9. The molecule has 12 nitrogen and oxygen atoms in total. The van der Waals surface area contributed by atoms with Crippen molar-refractivity contribution in [3.63, 3.8) is 0 Å². The second-order valence-corrected chi connectivity index (χ2v) is 13.9. The molecule has 2 aromatic heterocycles. The zero-order chi connectivity index (χ0) is 37.9. The van der Waals surface area contributed by atoms with Gasteiger partial charge in [-0.15, -0.1) is 0 Å². The van der Waals surface area contributed by atoms with Crippen LogP contribution in [0.15, 0.2) is 30.5 Å². The highest BCUT2D eigenvalue weighted by atomic mass is 35.5. The molecule has 0 radical (unpaired) electrons. The van der Waals surface area contributed by atoms with Gasteiger partial charge in [0.1, 0.15) is 22.9 Å². The Bertz CT molecular complexity index is 1710. The van der Waals surface area contributed by atoms with Gasteiger partial charge in [0.25, 0.3) is 0 Å². The van der Waals surface area contributed by atoms with E-state index in [9.17, 15) is 22.8 Å². The van der Waals surface area contributed by atoms with Crippen molar-refractivity contribution in [3.8, 4) is 11.8 Å². The number of alkyl halides is 3. The Labute approximate surface area is 307 Å². The number of piperidine rings is 1. The maximum Gasteiger partial charge on any atom is 0.408 e. The fourth-order valence-corrected chi connectivity index (χ4v) is 6.16. The van der Waals surface area contributed by atoms with Crippen LogP contribution in [0.1, 0.15) is 56.6 Å². The van der Waals surface area contributed by atoms with E-state index < -0.39 is 30.4 Å². The lowest BCUT2D eigenvalue weighted by molar-refractivity contribution is -0.140. The number of hydrogen-bond donors (Lipinski definition) is 2. The smallest absolute Gasteiger partial charge is 0.408 e. The first kappa shape index (κ1) is 40.8. The van der Waals surface area contributed by atoms with E-state index in [1.54, 1.807) is 45.9 Å². The van der Waals surface area contributed by atoms with Gasteiger partial charge in [-0.05, 0) is 84.2 Å². The van der Waals surface area contributed by atoms with Crippen molar-refractivity contribution in [1.29, 1.82) is 0 Å². The Morgan fingerprint density at radius 3 is 2.58 bits per heavy atom. The zero-order valence-electron chi connectivity index (χ0n) is 30.3. The van der Waals surface area contributed by atoms with Crippen molar-refractivity contribution >= 4 is 40.3 Å². The number of nitrogens with zero attached hydrogens (tertiary/aromatic N) is 4. The summed E-state index contributed by atoms with van der Waals surface area (Å²) in [6.07, 6.45) is -2.12. The van der Waals surface area contributed by atoms with Gasteiger partial charge < -0.3 is 39.0 Å². The van der Waals surface area contributed by atoms with Crippen LogP contribution in [-0.2, 0) is 32.0 Å². The molecule has 2 N–H and O–H groups in total. The molecule has 2 unspecified atom stereocenters. The minimum atomic E-state index is -4.46. The predicted octanol–water partition coefficient (Wildman–Crippen LogP) is 5.96. The summed E-state index contributed by atoms with van der Waals surface area (Å²) in [5.74, 6) is 5.28. The maximum absolute atomic E-state index is 13.7. The highest BCUT2D eigenvalue weighted by Gasteiger charge is 2.31. The quantitative estimate of drug-likeness (QED) is 0.110. The first-order valence-electron chi connectivity index (χ1n) is 17.3. The number of halogens is 4. The van der Waals surface area contributed by atoms with E-state index in [4.69, 9.17) is 30.5 Å². The van der Waals surface area contributed by atoms with Crippen LogP contribution < -0.4 is 10.6 Å². The van der Waals surface area contributed by atoms with E-state index in [-0.39, 0.29) is 41.5 Å². The second kappa shape index (κ2) is 18.7. The first-order chi connectivity index (χ1) is 24.6. The lowest BCUT2D eigenvalue weighted by Gasteiger charge is -2.38. The number of likely N-dealkylation sites (tertiary alicyclic amines) is 1. The molecule has 4 rings (SSSR count). The average Bonchev–Trinajstić information content (AvgIpc) is 3.60. The third-order valence-corrected chi connectivity index (χ3v) is 8.62. The number of aromatic nitrogens is 3. The summed E-state index contributed by atoms with van der Waals surface area (Å²) in [7, 11) is 2.07. The van der Waals surface area contributed by atoms with Crippen LogP contribution in [-0.4, -0.2) is 109 Å². The molecule has 1 aliphatic rings. The fraction of sp³-hybridized carbons (Fsp3) is 0.583. The Hall–Kier alpha value is -3.97. The topological polar surface area (TPSA) is 121 Å². The summed E-state index contributed by atoms with van der Waals surface area (Å²) < 4.78 is 65.5. The summed E-state index contributed by atoms with van der Waals surface area (Å²) in [5.41, 5.74) is 0.860. The summed E-state index contributed by atoms with van der Waals surface area (Å²) in [6.45, 7) is 9.55. The summed E-state index contributed by atoms with van der Waals surface area (Å²) in [4.78, 5) is 26.2. The van der Waals surface area contributed by atoms with Gasteiger partial charge in [0.2, 0.25) is 0 Å². The van der Waals surface area contributed by atoms with E-state index in [1.807, 2.05) is 6.07 Å². The lowest BCUT2D eigenvalue weighted by atomic mass is 9.89. The molecule has 0 spiro atoms. The average molecular weight is 753 g/mol. The molecule has 1 aromatic carbocycles. The van der Waals surface area contributed by atoms with Gasteiger partial charge in [-0.2, -0.15) is 18.3 Å². The number of esters is 1. The van der Waals surface area contributed by atoms with E-state index >= 15 is 0 Å². The standard InChI is InChI=1S/C36H48ClF3N6O6/c1-6-51-33(47)28-22-42-46(32(28)37)16-18-50-20-19-49-17-13-25-23-44(5)15-12-29(25)43-30-10-7-11-31-27(30)21-26(45(31)24-36(38,39)40)9-8-14-41-34(48)52-35(2,3)4/h7,10-11,21-22,25,29,43H,6,12-20,23-24H2,1-5H3,(H,41,48). The number of amides is 1. The number of fused-ring (bicyclic) bond motifs is 1. The van der Waals surface area contributed by atoms with E-state index in [0.29, 0.717) is 43.9 Å². The summed E-state index contributed by atoms with van der Waals surface area (Å²) in [5, 5.41) is 11.1. The normalized spacial score (nSPS) is 16.7. The number of rotatable bonds is 15. The van der Waals surface area contributed by atoms with Crippen LogP contribution in [0.4, 0.5) is 23.7 Å². The van der Waals surface area contributed by atoms with Crippen LogP contribution in [0.5, 0.6) is 0 Å². The van der Waals surface area contributed by atoms with Crippen molar-refractivity contribution in [1.82, 2.24) is 24.6 Å². The van der Waals surface area contributed by atoms with Crippen molar-refractivity contribution in [2.75, 3.05) is 65.0 Å². The number of ether oxygens (including phenoxy) is 4. The van der Waals surface area contributed by atoms with Gasteiger partial charge >= 0.3 is 18.2 Å². The summed E-state index contributed by atoms with van der Waals surface area (Å²) in [6, 6.07) is 7.00. The molecule has 286 valence electrons. The molecule has 3 aromatic rings. The van der Waals surface area contributed by atoms with Crippen LogP contribution in [0, 0.1) is 17.8 Å². The molecule has 52 heavy (non-hydrogen) atoms. The maximum atomic E-state index is 13.7. The molecule has 0 bridgehead atoms. The third kappa shape index (κ3) is 12.3. The molecule has 1 aliphatic heterocycles. The number of carbonyl (C=O) groups is 2. The molecule has 0 aliphatic carbocycles. The van der Waals surface area contributed by atoms with Crippen molar-refractivity contribution in [2.45, 2.75) is 71.4 Å². The predicted molar refractivity (Wildman–Crippen MR) is 192 cm³/mol. The van der Waals surface area contributed by atoms with Crippen molar-refractivity contribution in [2.24, 2.45) is 5.92 Å². The monoisotopic (exact) mass is 752 g/mol. The molecular weight excluding hydrogens is 705 g/mol. The Morgan fingerprint density at radius 1 is 1.12 bits per heavy atom. The largest absolute Gasteiger partial charge is 0.462 e. The SMILES string of the molecule is CCOC(=O)c1cnn(CCOCCOCCC2CN(C)CCC2Nc2cccc3c2cc(C#CCNC(=O)OC(C)(C)C)n3CC(F)(F)F)c1Cl. The number of alkyl carbamates (subject to hydrolysis) is 1. The molecule has 16 heteroatoms. The van der Waals surface area contributed by atoms with Crippen molar-refractivity contribution in [3.05, 3.63) is 46.9 Å². The van der Waals surface area contributed by atoms with Gasteiger partial charge in [-0.3, -0.25) is 4.68 Å². The van der Waals surface area contributed by atoms with Gasteiger partial charge in [-0.25, -0.2) is 9.59 Å². The van der Waals surface area contributed by atoms with E-state index in [1.165, 1.54) is 10.9 Å². The lowest BCUT2D eigenvalue weighted by Crippen LogP contribution is -2.45. The van der Waals surface area contributed by atoms with Gasteiger partial charge in [0.05, 0.1) is 56.9 Å².